The van der Waals surface area contributed by atoms with Gasteiger partial charge in [-0.1, -0.05) is 34.1 Å². The molecule has 0 aliphatic rings. The summed E-state index contributed by atoms with van der Waals surface area (Å²) in [5, 5.41) is 2.97. The molecule has 0 unspecified atom stereocenters. The predicted octanol–water partition coefficient (Wildman–Crippen LogP) is 3.96. The zero-order chi connectivity index (χ0) is 16.1. The van der Waals surface area contributed by atoms with Crippen LogP contribution in [0.4, 0.5) is 0 Å². The molecule has 1 amide bonds. The van der Waals surface area contributed by atoms with Crippen molar-refractivity contribution in [2.24, 2.45) is 0 Å². The van der Waals surface area contributed by atoms with Gasteiger partial charge in [0, 0.05) is 4.47 Å². The van der Waals surface area contributed by atoms with E-state index in [1.807, 2.05) is 31.2 Å². The van der Waals surface area contributed by atoms with Gasteiger partial charge in [0.15, 0.2) is 11.5 Å². The van der Waals surface area contributed by atoms with Gasteiger partial charge in [0.05, 0.1) is 25.8 Å². The number of ether oxygens (including phenoxy) is 2. The fraction of sp³-hybridized carbons (Fsp3) is 0.235. The third kappa shape index (κ3) is 3.60. The largest absolute Gasteiger partial charge is 0.493 e. The lowest BCUT2D eigenvalue weighted by Crippen LogP contribution is -2.27. The van der Waals surface area contributed by atoms with E-state index in [1.165, 1.54) is 7.11 Å². The maximum absolute atomic E-state index is 12.5. The zero-order valence-corrected chi connectivity index (χ0v) is 14.3. The molecule has 0 spiro atoms. The molecule has 1 N–H and O–H groups in total. The van der Waals surface area contributed by atoms with Crippen LogP contribution in [0.25, 0.3) is 0 Å². The lowest BCUT2D eigenvalue weighted by atomic mass is 10.1. The summed E-state index contributed by atoms with van der Waals surface area (Å²) in [7, 11) is 3.07. The van der Waals surface area contributed by atoms with Crippen LogP contribution in [0, 0.1) is 0 Å². The number of nitrogens with one attached hydrogen (secondary N) is 1. The lowest BCUT2D eigenvalue weighted by Gasteiger charge is -2.17. The van der Waals surface area contributed by atoms with Gasteiger partial charge >= 0.3 is 0 Å². The Hall–Kier alpha value is -2.01. The Balaban J connectivity index is 2.20. The second-order valence-corrected chi connectivity index (χ2v) is 5.70. The first-order chi connectivity index (χ1) is 10.6. The quantitative estimate of drug-likeness (QED) is 0.874. The van der Waals surface area contributed by atoms with Crippen LogP contribution >= 0.6 is 15.9 Å². The van der Waals surface area contributed by atoms with E-state index in [4.69, 9.17) is 9.47 Å². The van der Waals surface area contributed by atoms with E-state index in [-0.39, 0.29) is 11.9 Å². The van der Waals surface area contributed by atoms with E-state index in [1.54, 1.807) is 25.3 Å². The molecule has 0 aliphatic heterocycles. The first-order valence-electron chi connectivity index (χ1n) is 6.84. The first-order valence-corrected chi connectivity index (χ1v) is 7.63. The highest BCUT2D eigenvalue weighted by atomic mass is 79.9. The summed E-state index contributed by atoms with van der Waals surface area (Å²) < 4.78 is 11.5. The standard InChI is InChI=1S/C17H18BrNO3/c1-11(12-7-9-13(18)10-8-12)19-17(20)14-5-4-6-15(21-2)16(14)22-3/h4-11H,1-3H3,(H,19,20)/t11-/m1/s1. The van der Waals surface area contributed by atoms with Crippen LogP contribution in [0.1, 0.15) is 28.9 Å². The normalized spacial score (nSPS) is 11.6. The third-order valence-corrected chi connectivity index (χ3v) is 3.89. The summed E-state index contributed by atoms with van der Waals surface area (Å²) in [6, 6.07) is 13.0. The van der Waals surface area contributed by atoms with Crippen LogP contribution in [-0.4, -0.2) is 20.1 Å². The molecule has 0 aliphatic carbocycles. The topological polar surface area (TPSA) is 47.6 Å². The second-order valence-electron chi connectivity index (χ2n) is 4.79. The van der Waals surface area contributed by atoms with Crippen LogP contribution < -0.4 is 14.8 Å². The van der Waals surface area contributed by atoms with E-state index in [0.717, 1.165) is 10.0 Å². The highest BCUT2D eigenvalue weighted by Gasteiger charge is 2.18. The van der Waals surface area contributed by atoms with E-state index in [9.17, 15) is 4.79 Å². The number of methoxy groups -OCH3 is 2. The molecule has 2 aromatic carbocycles. The Morgan fingerprint density at radius 3 is 2.36 bits per heavy atom. The zero-order valence-electron chi connectivity index (χ0n) is 12.7. The van der Waals surface area contributed by atoms with E-state index in [2.05, 4.69) is 21.2 Å². The van der Waals surface area contributed by atoms with Crippen molar-refractivity contribution in [3.8, 4) is 11.5 Å². The van der Waals surface area contributed by atoms with Crippen molar-refractivity contribution < 1.29 is 14.3 Å². The number of halogens is 1. The summed E-state index contributed by atoms with van der Waals surface area (Å²) in [6.07, 6.45) is 0. The molecule has 0 saturated heterocycles. The van der Waals surface area contributed by atoms with Gasteiger partial charge in [0.25, 0.3) is 5.91 Å². The van der Waals surface area contributed by atoms with Gasteiger partial charge in [0.2, 0.25) is 0 Å². The Bertz CT molecular complexity index is 655. The van der Waals surface area contributed by atoms with Crippen LogP contribution in [0.15, 0.2) is 46.9 Å². The van der Waals surface area contributed by atoms with Gasteiger partial charge < -0.3 is 14.8 Å². The van der Waals surface area contributed by atoms with Crippen molar-refractivity contribution in [1.29, 1.82) is 0 Å². The van der Waals surface area contributed by atoms with Crippen molar-refractivity contribution in [3.63, 3.8) is 0 Å². The van der Waals surface area contributed by atoms with Crippen LogP contribution in [0.3, 0.4) is 0 Å². The number of hydrogen-bond donors (Lipinski definition) is 1. The lowest BCUT2D eigenvalue weighted by molar-refractivity contribution is 0.0936. The Morgan fingerprint density at radius 2 is 1.77 bits per heavy atom. The third-order valence-electron chi connectivity index (χ3n) is 3.37. The molecule has 5 heteroatoms. The number of hydrogen-bond acceptors (Lipinski definition) is 3. The van der Waals surface area contributed by atoms with E-state index < -0.39 is 0 Å². The summed E-state index contributed by atoms with van der Waals surface area (Å²) in [4.78, 5) is 12.5. The van der Waals surface area contributed by atoms with Gasteiger partial charge in [-0.05, 0) is 36.8 Å². The molecule has 0 fully saturated rings. The molecule has 116 valence electrons. The molecule has 4 nitrogen and oxygen atoms in total. The van der Waals surface area contributed by atoms with Crippen LogP contribution in [0.5, 0.6) is 11.5 Å². The first kappa shape index (κ1) is 16.4. The van der Waals surface area contributed by atoms with E-state index in [0.29, 0.717) is 17.1 Å². The minimum Gasteiger partial charge on any atom is -0.493 e. The number of benzene rings is 2. The van der Waals surface area contributed by atoms with Crippen molar-refractivity contribution in [2.75, 3.05) is 14.2 Å². The number of rotatable bonds is 5. The van der Waals surface area contributed by atoms with Crippen LogP contribution in [0.2, 0.25) is 0 Å². The molecule has 2 rings (SSSR count). The van der Waals surface area contributed by atoms with E-state index >= 15 is 0 Å². The fourth-order valence-electron chi connectivity index (χ4n) is 2.18. The monoisotopic (exact) mass is 363 g/mol. The minimum atomic E-state index is -0.203. The van der Waals surface area contributed by atoms with Crippen LogP contribution in [-0.2, 0) is 0 Å². The molecule has 0 radical (unpaired) electrons. The molecule has 0 aromatic heterocycles. The molecule has 0 saturated carbocycles. The second kappa shape index (κ2) is 7.31. The highest BCUT2D eigenvalue weighted by molar-refractivity contribution is 9.10. The number of carbonyl (C=O) groups excluding carboxylic acids is 1. The SMILES string of the molecule is COc1cccc(C(=O)N[C@H](C)c2ccc(Br)cc2)c1OC. The number of carbonyl (C=O) groups is 1. The molecule has 2 aromatic rings. The average Bonchev–Trinajstić information content (AvgIpc) is 2.54. The summed E-state index contributed by atoms with van der Waals surface area (Å²) in [6.45, 7) is 1.94. The van der Waals surface area contributed by atoms with Crippen molar-refractivity contribution in [1.82, 2.24) is 5.32 Å². The van der Waals surface area contributed by atoms with Gasteiger partial charge in [-0.25, -0.2) is 0 Å². The van der Waals surface area contributed by atoms with Crippen molar-refractivity contribution in [2.45, 2.75) is 13.0 Å². The summed E-state index contributed by atoms with van der Waals surface area (Å²) in [5.74, 6) is 0.767. The molecule has 1 atom stereocenters. The summed E-state index contributed by atoms with van der Waals surface area (Å²) >= 11 is 3.40. The smallest absolute Gasteiger partial charge is 0.255 e. The number of amides is 1. The molecule has 0 heterocycles. The fourth-order valence-corrected chi connectivity index (χ4v) is 2.44. The predicted molar refractivity (Wildman–Crippen MR) is 89.6 cm³/mol. The molecule has 22 heavy (non-hydrogen) atoms. The van der Waals surface area contributed by atoms with Crippen molar-refractivity contribution >= 4 is 21.8 Å². The van der Waals surface area contributed by atoms with Crippen molar-refractivity contribution in [3.05, 3.63) is 58.1 Å². The Kier molecular flexibility index (Phi) is 5.44. The molecular formula is C17H18BrNO3. The highest BCUT2D eigenvalue weighted by Crippen LogP contribution is 2.31. The average molecular weight is 364 g/mol. The Morgan fingerprint density at radius 1 is 1.09 bits per heavy atom. The molecule has 0 bridgehead atoms. The maximum atomic E-state index is 12.5. The molecular weight excluding hydrogens is 346 g/mol. The van der Waals surface area contributed by atoms with Gasteiger partial charge in [-0.3, -0.25) is 4.79 Å². The van der Waals surface area contributed by atoms with Gasteiger partial charge in [-0.15, -0.1) is 0 Å². The minimum absolute atomic E-state index is 0.114. The maximum Gasteiger partial charge on any atom is 0.255 e. The Labute approximate surface area is 138 Å². The number of para-hydroxylation sites is 1. The summed E-state index contributed by atoms with van der Waals surface area (Å²) in [5.41, 5.74) is 1.48. The van der Waals surface area contributed by atoms with Gasteiger partial charge in [0.1, 0.15) is 0 Å². The van der Waals surface area contributed by atoms with Gasteiger partial charge in [-0.2, -0.15) is 0 Å².